The highest BCUT2D eigenvalue weighted by atomic mass is 35.5. The Morgan fingerprint density at radius 3 is 2.20 bits per heavy atom. The summed E-state index contributed by atoms with van der Waals surface area (Å²) in [6.07, 6.45) is 1.48. The fourth-order valence-electron chi connectivity index (χ4n) is 4.40. The van der Waals surface area contributed by atoms with Gasteiger partial charge in [0.05, 0.1) is 11.9 Å². The molecule has 0 unspecified atom stereocenters. The van der Waals surface area contributed by atoms with Crippen molar-refractivity contribution in [2.75, 3.05) is 23.7 Å². The second-order valence-corrected chi connectivity index (χ2v) is 12.7. The van der Waals surface area contributed by atoms with Gasteiger partial charge in [-0.2, -0.15) is 0 Å². The summed E-state index contributed by atoms with van der Waals surface area (Å²) in [7, 11) is -3.64. The molecule has 3 aromatic rings. The zero-order chi connectivity index (χ0) is 30.0. The lowest BCUT2D eigenvalue weighted by Gasteiger charge is -2.32. The molecule has 1 N–H and O–H groups in total. The number of hydrogen-bond donors (Lipinski definition) is 1. The van der Waals surface area contributed by atoms with Crippen molar-refractivity contribution in [3.63, 3.8) is 0 Å². The fraction of sp³-hybridized carbons (Fsp3) is 0.355. The van der Waals surface area contributed by atoms with Crippen molar-refractivity contribution in [2.24, 2.45) is 5.92 Å². The first-order valence-electron chi connectivity index (χ1n) is 13.5. The Bertz CT molecular complexity index is 1400. The van der Waals surface area contributed by atoms with Gasteiger partial charge in [-0.15, -0.1) is 0 Å². The molecule has 0 aromatic heterocycles. The van der Waals surface area contributed by atoms with Crippen LogP contribution in [0.25, 0.3) is 0 Å². The number of anilines is 1. The Morgan fingerprint density at radius 1 is 0.951 bits per heavy atom. The van der Waals surface area contributed by atoms with E-state index in [9.17, 15) is 22.4 Å². The number of rotatable bonds is 14. The topological polar surface area (TPSA) is 86.8 Å². The minimum atomic E-state index is -3.64. The average Bonchev–Trinajstić information content (AvgIpc) is 2.93. The van der Waals surface area contributed by atoms with Gasteiger partial charge in [-0.05, 0) is 48.2 Å². The zero-order valence-electron chi connectivity index (χ0n) is 23.6. The molecule has 0 aliphatic carbocycles. The van der Waals surface area contributed by atoms with E-state index in [0.717, 1.165) is 11.8 Å². The summed E-state index contributed by atoms with van der Waals surface area (Å²) in [6, 6.07) is 21.0. The standard InChI is InChI=1S/C31H37ClFN3O4S/c1-23(2)21-34-31(38)29(20-24-10-5-4-6-11-24)35(22-25-12-7-8-13-28(25)33)30(37)14-9-19-36(41(3,39)40)27-17-15-26(32)16-18-27/h4-8,10-13,15-18,23,29H,9,14,19-22H2,1-3H3,(H,34,38)/t29-/m0/s1. The van der Waals surface area contributed by atoms with Crippen LogP contribution in [-0.4, -0.2) is 50.5 Å². The van der Waals surface area contributed by atoms with Gasteiger partial charge in [-0.25, -0.2) is 12.8 Å². The van der Waals surface area contributed by atoms with Crippen LogP contribution in [0.5, 0.6) is 0 Å². The van der Waals surface area contributed by atoms with Crippen LogP contribution in [0.4, 0.5) is 10.1 Å². The Balaban J connectivity index is 1.88. The van der Waals surface area contributed by atoms with Gasteiger partial charge in [0.15, 0.2) is 0 Å². The number of halogens is 2. The summed E-state index contributed by atoms with van der Waals surface area (Å²) in [4.78, 5) is 28.7. The van der Waals surface area contributed by atoms with E-state index in [4.69, 9.17) is 11.6 Å². The second kappa shape index (κ2) is 15.0. The lowest BCUT2D eigenvalue weighted by Crippen LogP contribution is -2.51. The van der Waals surface area contributed by atoms with E-state index >= 15 is 0 Å². The molecule has 220 valence electrons. The van der Waals surface area contributed by atoms with Gasteiger partial charge in [0.2, 0.25) is 21.8 Å². The van der Waals surface area contributed by atoms with Crippen LogP contribution in [0.1, 0.15) is 37.8 Å². The highest BCUT2D eigenvalue weighted by Crippen LogP contribution is 2.22. The summed E-state index contributed by atoms with van der Waals surface area (Å²) in [6.45, 7) is 4.32. The van der Waals surface area contributed by atoms with Crippen molar-refractivity contribution in [3.8, 4) is 0 Å². The summed E-state index contributed by atoms with van der Waals surface area (Å²) in [5.74, 6) is -0.983. The molecular formula is C31H37ClFN3O4S. The number of sulfonamides is 1. The molecule has 0 heterocycles. The highest BCUT2D eigenvalue weighted by molar-refractivity contribution is 7.92. The molecule has 0 radical (unpaired) electrons. The molecule has 7 nitrogen and oxygen atoms in total. The molecule has 10 heteroatoms. The Hall–Kier alpha value is -3.43. The lowest BCUT2D eigenvalue weighted by molar-refractivity contribution is -0.141. The molecule has 0 saturated carbocycles. The van der Waals surface area contributed by atoms with Crippen LogP contribution in [0.3, 0.4) is 0 Å². The minimum absolute atomic E-state index is 0.0443. The first-order chi connectivity index (χ1) is 19.5. The highest BCUT2D eigenvalue weighted by Gasteiger charge is 2.31. The maximum Gasteiger partial charge on any atom is 0.243 e. The van der Waals surface area contributed by atoms with Crippen LogP contribution in [0.2, 0.25) is 5.02 Å². The first kappa shape index (κ1) is 32.1. The largest absolute Gasteiger partial charge is 0.354 e. The molecule has 0 bridgehead atoms. The predicted molar refractivity (Wildman–Crippen MR) is 162 cm³/mol. The van der Waals surface area contributed by atoms with Crippen molar-refractivity contribution >= 4 is 39.1 Å². The van der Waals surface area contributed by atoms with Crippen molar-refractivity contribution in [3.05, 3.63) is 101 Å². The SMILES string of the molecule is CC(C)CNC(=O)[C@H](Cc1ccccc1)N(Cc1ccccc1F)C(=O)CCCN(c1ccc(Cl)cc1)S(C)(=O)=O. The van der Waals surface area contributed by atoms with E-state index < -0.39 is 21.9 Å². The molecule has 0 fully saturated rings. The van der Waals surface area contributed by atoms with Crippen LogP contribution in [0.15, 0.2) is 78.9 Å². The molecule has 0 spiro atoms. The number of carbonyl (C=O) groups excluding carboxylic acids is 2. The van der Waals surface area contributed by atoms with E-state index in [0.29, 0.717) is 17.3 Å². The summed E-state index contributed by atoms with van der Waals surface area (Å²) >= 11 is 5.96. The van der Waals surface area contributed by atoms with Gasteiger partial charge in [0, 0.05) is 43.1 Å². The molecule has 0 aliphatic heterocycles. The van der Waals surface area contributed by atoms with E-state index in [-0.39, 0.29) is 55.6 Å². The number of carbonyl (C=O) groups is 2. The predicted octanol–water partition coefficient (Wildman–Crippen LogP) is 5.44. The van der Waals surface area contributed by atoms with E-state index in [1.165, 1.54) is 15.3 Å². The van der Waals surface area contributed by atoms with Gasteiger partial charge < -0.3 is 10.2 Å². The summed E-state index contributed by atoms with van der Waals surface area (Å²) in [5, 5.41) is 3.41. The van der Waals surface area contributed by atoms with Crippen molar-refractivity contribution in [2.45, 2.75) is 45.7 Å². The van der Waals surface area contributed by atoms with Crippen LogP contribution < -0.4 is 9.62 Å². The van der Waals surface area contributed by atoms with E-state index in [1.54, 1.807) is 42.5 Å². The number of amides is 2. The van der Waals surface area contributed by atoms with Crippen molar-refractivity contribution in [1.82, 2.24) is 10.2 Å². The molecular weight excluding hydrogens is 565 g/mol. The van der Waals surface area contributed by atoms with Gasteiger partial charge >= 0.3 is 0 Å². The fourth-order valence-corrected chi connectivity index (χ4v) is 5.49. The molecule has 3 rings (SSSR count). The quantitative estimate of drug-likeness (QED) is 0.267. The van der Waals surface area contributed by atoms with Crippen LogP contribution >= 0.6 is 11.6 Å². The van der Waals surface area contributed by atoms with Gasteiger partial charge in [0.1, 0.15) is 11.9 Å². The van der Waals surface area contributed by atoms with E-state index in [1.807, 2.05) is 44.2 Å². The van der Waals surface area contributed by atoms with Gasteiger partial charge in [0.25, 0.3) is 0 Å². The van der Waals surface area contributed by atoms with Gasteiger partial charge in [-0.1, -0.05) is 74.0 Å². The smallest absolute Gasteiger partial charge is 0.243 e. The summed E-state index contributed by atoms with van der Waals surface area (Å²) in [5.41, 5.74) is 1.58. The zero-order valence-corrected chi connectivity index (χ0v) is 25.2. The van der Waals surface area contributed by atoms with Crippen molar-refractivity contribution in [1.29, 1.82) is 0 Å². The Labute approximate surface area is 247 Å². The maximum atomic E-state index is 14.7. The van der Waals surface area contributed by atoms with Gasteiger partial charge in [-0.3, -0.25) is 13.9 Å². The molecule has 0 aliphatic rings. The Kier molecular flexibility index (Phi) is 11.7. The monoisotopic (exact) mass is 601 g/mol. The molecule has 1 atom stereocenters. The van der Waals surface area contributed by atoms with E-state index in [2.05, 4.69) is 5.32 Å². The molecule has 41 heavy (non-hydrogen) atoms. The minimum Gasteiger partial charge on any atom is -0.354 e. The number of nitrogens with zero attached hydrogens (tertiary/aromatic N) is 2. The van der Waals surface area contributed by atoms with Crippen molar-refractivity contribution < 1.29 is 22.4 Å². The first-order valence-corrected chi connectivity index (χ1v) is 15.8. The molecule has 0 saturated heterocycles. The summed E-state index contributed by atoms with van der Waals surface area (Å²) < 4.78 is 41.0. The third kappa shape index (κ3) is 9.86. The normalized spacial score (nSPS) is 12.1. The number of nitrogens with one attached hydrogen (secondary N) is 1. The maximum absolute atomic E-state index is 14.7. The Morgan fingerprint density at radius 2 is 1.59 bits per heavy atom. The third-order valence-corrected chi connectivity index (χ3v) is 7.97. The number of hydrogen-bond acceptors (Lipinski definition) is 4. The molecule has 3 aromatic carbocycles. The second-order valence-electron chi connectivity index (χ2n) is 10.4. The van der Waals surface area contributed by atoms with Crippen LogP contribution in [-0.2, 0) is 32.6 Å². The lowest BCUT2D eigenvalue weighted by atomic mass is 10.0. The number of benzene rings is 3. The third-order valence-electron chi connectivity index (χ3n) is 6.52. The average molecular weight is 602 g/mol. The van der Waals surface area contributed by atoms with Crippen LogP contribution in [0, 0.1) is 11.7 Å². The molecule has 2 amide bonds.